The molecule has 1 rings (SSSR count). The van der Waals surface area contributed by atoms with Gasteiger partial charge in [0, 0.05) is 18.4 Å². The van der Waals surface area contributed by atoms with E-state index in [4.69, 9.17) is 5.73 Å². The number of ketones is 1. The molecule has 0 heterocycles. The van der Waals surface area contributed by atoms with E-state index in [1.165, 1.54) is 0 Å². The first kappa shape index (κ1) is 10.7. The minimum Gasteiger partial charge on any atom is -0.324 e. The zero-order valence-corrected chi connectivity index (χ0v) is 9.18. The molecule has 0 aromatic rings. The van der Waals surface area contributed by atoms with Gasteiger partial charge in [-0.15, -0.1) is 0 Å². The molecule has 0 bridgehead atoms. The summed E-state index contributed by atoms with van der Waals surface area (Å²) in [5, 5.41) is 0. The molecule has 1 saturated carbocycles. The lowest BCUT2D eigenvalue weighted by Crippen LogP contribution is -2.48. The number of rotatable bonds is 1. The molecular weight excluding hydrogens is 162 g/mol. The zero-order chi connectivity index (χ0) is 10.3. The lowest BCUT2D eigenvalue weighted by Gasteiger charge is -2.39. The van der Waals surface area contributed by atoms with Crippen molar-refractivity contribution in [2.24, 2.45) is 17.1 Å². The lowest BCUT2D eigenvalue weighted by molar-refractivity contribution is -0.117. The van der Waals surface area contributed by atoms with E-state index in [0.717, 1.165) is 6.42 Å². The lowest BCUT2D eigenvalue weighted by atomic mass is 9.69. The molecule has 1 aliphatic rings. The van der Waals surface area contributed by atoms with Crippen LogP contribution in [0.2, 0.25) is 0 Å². The van der Waals surface area contributed by atoms with Gasteiger partial charge in [0.1, 0.15) is 5.78 Å². The SMILES string of the molecule is CC(C(C)(C)C)C1(N)CCC(=O)C1. The molecule has 2 N–H and O–H groups in total. The molecule has 0 aliphatic heterocycles. The molecule has 2 atom stereocenters. The second kappa shape index (κ2) is 3.09. The summed E-state index contributed by atoms with van der Waals surface area (Å²) in [7, 11) is 0. The molecule has 2 heteroatoms. The summed E-state index contributed by atoms with van der Waals surface area (Å²) in [6, 6.07) is 0. The van der Waals surface area contributed by atoms with Crippen LogP contribution in [0, 0.1) is 11.3 Å². The van der Waals surface area contributed by atoms with Gasteiger partial charge >= 0.3 is 0 Å². The van der Waals surface area contributed by atoms with Crippen LogP contribution in [0.3, 0.4) is 0 Å². The molecular formula is C11H21NO. The third kappa shape index (κ3) is 2.11. The molecule has 13 heavy (non-hydrogen) atoms. The topological polar surface area (TPSA) is 43.1 Å². The van der Waals surface area contributed by atoms with Gasteiger partial charge in [0.25, 0.3) is 0 Å². The van der Waals surface area contributed by atoms with Crippen molar-refractivity contribution in [1.29, 1.82) is 0 Å². The van der Waals surface area contributed by atoms with E-state index in [1.54, 1.807) is 0 Å². The van der Waals surface area contributed by atoms with Crippen molar-refractivity contribution < 1.29 is 4.79 Å². The van der Waals surface area contributed by atoms with Crippen LogP contribution < -0.4 is 5.73 Å². The third-order valence-electron chi connectivity index (χ3n) is 3.56. The Balaban J connectivity index is 2.76. The molecule has 1 fully saturated rings. The first-order valence-electron chi connectivity index (χ1n) is 5.06. The minimum atomic E-state index is -0.241. The summed E-state index contributed by atoms with van der Waals surface area (Å²) >= 11 is 0. The molecule has 0 saturated heterocycles. The molecule has 0 aromatic carbocycles. The first-order chi connectivity index (χ1) is 5.76. The van der Waals surface area contributed by atoms with Crippen molar-refractivity contribution in [3.8, 4) is 0 Å². The van der Waals surface area contributed by atoms with Gasteiger partial charge in [-0.2, -0.15) is 0 Å². The van der Waals surface area contributed by atoms with E-state index in [-0.39, 0.29) is 11.0 Å². The monoisotopic (exact) mass is 183 g/mol. The van der Waals surface area contributed by atoms with E-state index in [2.05, 4.69) is 27.7 Å². The van der Waals surface area contributed by atoms with E-state index in [1.807, 2.05) is 0 Å². The molecule has 0 spiro atoms. The highest BCUT2D eigenvalue weighted by Crippen LogP contribution is 2.40. The standard InChI is InChI=1S/C11H21NO/c1-8(10(2,3)4)11(12)6-5-9(13)7-11/h8H,5-7,12H2,1-4H3. The van der Waals surface area contributed by atoms with Gasteiger partial charge in [0.05, 0.1) is 0 Å². The highest BCUT2D eigenvalue weighted by Gasteiger charge is 2.43. The van der Waals surface area contributed by atoms with Crippen LogP contribution in [0.5, 0.6) is 0 Å². The maximum absolute atomic E-state index is 11.2. The summed E-state index contributed by atoms with van der Waals surface area (Å²) < 4.78 is 0. The second-order valence-electron chi connectivity index (χ2n) is 5.54. The molecule has 2 unspecified atom stereocenters. The Morgan fingerprint density at radius 2 is 2.00 bits per heavy atom. The van der Waals surface area contributed by atoms with Crippen molar-refractivity contribution in [2.45, 2.75) is 52.5 Å². The largest absolute Gasteiger partial charge is 0.324 e. The van der Waals surface area contributed by atoms with Crippen LogP contribution in [0.15, 0.2) is 0 Å². The average molecular weight is 183 g/mol. The Bertz CT molecular complexity index is 217. The maximum atomic E-state index is 11.2. The smallest absolute Gasteiger partial charge is 0.134 e. The van der Waals surface area contributed by atoms with Crippen LogP contribution in [0.4, 0.5) is 0 Å². The fourth-order valence-electron chi connectivity index (χ4n) is 2.15. The number of carbonyl (C=O) groups is 1. The van der Waals surface area contributed by atoms with Gasteiger partial charge < -0.3 is 5.73 Å². The van der Waals surface area contributed by atoms with Gasteiger partial charge in [-0.25, -0.2) is 0 Å². The Labute approximate surface area is 80.9 Å². The summed E-state index contributed by atoms with van der Waals surface area (Å²) in [5.74, 6) is 0.727. The van der Waals surface area contributed by atoms with E-state index in [9.17, 15) is 4.79 Å². The van der Waals surface area contributed by atoms with Crippen molar-refractivity contribution in [1.82, 2.24) is 0 Å². The summed E-state index contributed by atoms with van der Waals surface area (Å²) in [4.78, 5) is 11.2. The number of hydrogen-bond donors (Lipinski definition) is 1. The van der Waals surface area contributed by atoms with Crippen LogP contribution in [0.1, 0.15) is 47.0 Å². The highest BCUT2D eigenvalue weighted by molar-refractivity contribution is 5.82. The Kier molecular flexibility index (Phi) is 2.54. The van der Waals surface area contributed by atoms with Crippen molar-refractivity contribution in [3.05, 3.63) is 0 Å². The zero-order valence-electron chi connectivity index (χ0n) is 9.18. The summed E-state index contributed by atoms with van der Waals surface area (Å²) in [5.41, 5.74) is 6.21. The predicted molar refractivity (Wildman–Crippen MR) is 54.4 cm³/mol. The van der Waals surface area contributed by atoms with Crippen molar-refractivity contribution in [2.75, 3.05) is 0 Å². The minimum absolute atomic E-state index is 0.194. The molecule has 0 amide bonds. The van der Waals surface area contributed by atoms with Gasteiger partial charge in [-0.3, -0.25) is 4.79 Å². The average Bonchev–Trinajstić information content (AvgIpc) is 2.29. The predicted octanol–water partition coefficient (Wildman–Crippen LogP) is 2.12. The Morgan fingerprint density at radius 1 is 1.46 bits per heavy atom. The van der Waals surface area contributed by atoms with Crippen LogP contribution in [-0.4, -0.2) is 11.3 Å². The molecule has 2 nitrogen and oxygen atoms in total. The fraction of sp³-hybridized carbons (Fsp3) is 0.909. The Hall–Kier alpha value is -0.370. The number of nitrogens with two attached hydrogens (primary N) is 1. The second-order valence-corrected chi connectivity index (χ2v) is 5.54. The first-order valence-corrected chi connectivity index (χ1v) is 5.06. The summed E-state index contributed by atoms with van der Waals surface area (Å²) in [6.45, 7) is 8.73. The van der Waals surface area contributed by atoms with Gasteiger partial charge in [0.15, 0.2) is 0 Å². The van der Waals surface area contributed by atoms with Gasteiger partial charge in [0.2, 0.25) is 0 Å². The number of hydrogen-bond acceptors (Lipinski definition) is 2. The molecule has 76 valence electrons. The fourth-order valence-corrected chi connectivity index (χ4v) is 2.15. The van der Waals surface area contributed by atoms with E-state index in [0.29, 0.717) is 24.5 Å². The number of carbonyl (C=O) groups excluding carboxylic acids is 1. The van der Waals surface area contributed by atoms with Crippen molar-refractivity contribution in [3.63, 3.8) is 0 Å². The summed E-state index contributed by atoms with van der Waals surface area (Å²) in [6.07, 6.45) is 2.12. The Morgan fingerprint density at radius 3 is 2.31 bits per heavy atom. The van der Waals surface area contributed by atoms with Gasteiger partial charge in [-0.1, -0.05) is 27.7 Å². The normalized spacial score (nSPS) is 32.2. The van der Waals surface area contributed by atoms with Crippen LogP contribution in [-0.2, 0) is 4.79 Å². The van der Waals surface area contributed by atoms with E-state index >= 15 is 0 Å². The molecule has 1 aliphatic carbocycles. The molecule has 0 aromatic heterocycles. The van der Waals surface area contributed by atoms with Gasteiger partial charge in [-0.05, 0) is 17.8 Å². The van der Waals surface area contributed by atoms with E-state index < -0.39 is 0 Å². The van der Waals surface area contributed by atoms with Crippen molar-refractivity contribution >= 4 is 5.78 Å². The molecule has 0 radical (unpaired) electrons. The highest BCUT2D eigenvalue weighted by atomic mass is 16.1. The maximum Gasteiger partial charge on any atom is 0.134 e. The third-order valence-corrected chi connectivity index (χ3v) is 3.56. The quantitative estimate of drug-likeness (QED) is 0.676. The van der Waals surface area contributed by atoms with Crippen LogP contribution >= 0.6 is 0 Å². The van der Waals surface area contributed by atoms with Crippen LogP contribution in [0.25, 0.3) is 0 Å². The number of Topliss-reactive ketones (excluding diaryl/α,β-unsaturated/α-hetero) is 1.